The maximum absolute atomic E-state index is 13.0. The van der Waals surface area contributed by atoms with Crippen LogP contribution in [-0.2, 0) is 22.3 Å². The molecular formula is C19H26F3N3O2. The predicted octanol–water partition coefficient (Wildman–Crippen LogP) is 2.65. The van der Waals surface area contributed by atoms with E-state index < -0.39 is 17.8 Å². The van der Waals surface area contributed by atoms with Crippen molar-refractivity contribution in [3.63, 3.8) is 0 Å². The Morgan fingerprint density at radius 3 is 2.63 bits per heavy atom. The van der Waals surface area contributed by atoms with Gasteiger partial charge in [-0.25, -0.2) is 0 Å². The standard InChI is InChI=1S/C19H26F3N3O2/c1-24(2)10-11-25(18(27)16-8-3-4-9-17(26)23-16)13-14-6-5-7-15(12-14)19(20,21)22/h5-7,12,16H,3-4,8-11,13H2,1-2H3,(H,23,26). The van der Waals surface area contributed by atoms with E-state index in [4.69, 9.17) is 0 Å². The molecule has 8 heteroatoms. The molecule has 27 heavy (non-hydrogen) atoms. The number of nitrogens with one attached hydrogen (secondary N) is 1. The zero-order valence-corrected chi connectivity index (χ0v) is 15.7. The van der Waals surface area contributed by atoms with Crippen LogP contribution in [0.2, 0.25) is 0 Å². The van der Waals surface area contributed by atoms with Gasteiger partial charge in [-0.15, -0.1) is 0 Å². The Morgan fingerprint density at radius 2 is 1.96 bits per heavy atom. The molecule has 0 spiro atoms. The van der Waals surface area contributed by atoms with Gasteiger partial charge in [-0.05, 0) is 44.6 Å². The van der Waals surface area contributed by atoms with Gasteiger partial charge in [0.2, 0.25) is 11.8 Å². The van der Waals surface area contributed by atoms with Crippen LogP contribution in [0.4, 0.5) is 13.2 Å². The van der Waals surface area contributed by atoms with Crippen molar-refractivity contribution in [1.82, 2.24) is 15.1 Å². The first-order chi connectivity index (χ1) is 12.7. The third-order valence-electron chi connectivity index (χ3n) is 4.54. The lowest BCUT2D eigenvalue weighted by Gasteiger charge is -2.28. The minimum atomic E-state index is -4.43. The Hall–Kier alpha value is -2.09. The maximum Gasteiger partial charge on any atom is 0.416 e. The first-order valence-electron chi connectivity index (χ1n) is 9.06. The van der Waals surface area contributed by atoms with Crippen LogP contribution in [0.5, 0.6) is 0 Å². The van der Waals surface area contributed by atoms with Gasteiger partial charge < -0.3 is 15.1 Å². The molecular weight excluding hydrogens is 359 g/mol. The lowest BCUT2D eigenvalue weighted by Crippen LogP contribution is -2.49. The predicted molar refractivity (Wildman–Crippen MR) is 95.8 cm³/mol. The molecule has 1 aromatic rings. The van der Waals surface area contributed by atoms with E-state index in [9.17, 15) is 22.8 Å². The molecule has 1 aliphatic heterocycles. The van der Waals surface area contributed by atoms with Gasteiger partial charge in [0.1, 0.15) is 6.04 Å². The van der Waals surface area contributed by atoms with Crippen molar-refractivity contribution in [3.05, 3.63) is 35.4 Å². The first-order valence-corrected chi connectivity index (χ1v) is 9.06. The van der Waals surface area contributed by atoms with Crippen molar-refractivity contribution in [1.29, 1.82) is 0 Å². The number of alkyl halides is 3. The second kappa shape index (κ2) is 9.21. The van der Waals surface area contributed by atoms with Crippen LogP contribution in [0.15, 0.2) is 24.3 Å². The zero-order valence-electron chi connectivity index (χ0n) is 15.7. The SMILES string of the molecule is CN(C)CCN(Cc1cccc(C(F)(F)F)c1)C(=O)C1CCCCC(=O)N1. The first kappa shape index (κ1) is 21.2. The molecule has 1 aliphatic rings. The molecule has 0 bridgehead atoms. The average Bonchev–Trinajstić information content (AvgIpc) is 2.82. The third-order valence-corrected chi connectivity index (χ3v) is 4.54. The molecule has 1 N–H and O–H groups in total. The second-order valence-corrected chi connectivity index (χ2v) is 7.13. The van der Waals surface area contributed by atoms with Crippen molar-refractivity contribution in [2.75, 3.05) is 27.2 Å². The molecule has 1 heterocycles. The molecule has 5 nitrogen and oxygen atoms in total. The highest BCUT2D eigenvalue weighted by Gasteiger charge is 2.31. The Bertz CT molecular complexity index is 662. The van der Waals surface area contributed by atoms with Crippen molar-refractivity contribution in [2.45, 2.75) is 44.4 Å². The van der Waals surface area contributed by atoms with Gasteiger partial charge in [0, 0.05) is 26.1 Å². The van der Waals surface area contributed by atoms with E-state index in [0.717, 1.165) is 25.0 Å². The van der Waals surface area contributed by atoms with Gasteiger partial charge in [-0.2, -0.15) is 13.2 Å². The number of halogens is 3. The molecule has 1 fully saturated rings. The van der Waals surface area contributed by atoms with Crippen molar-refractivity contribution in [3.8, 4) is 0 Å². The van der Waals surface area contributed by atoms with E-state index in [1.54, 1.807) is 6.07 Å². The minimum absolute atomic E-state index is 0.0724. The Kier molecular flexibility index (Phi) is 7.24. The summed E-state index contributed by atoms with van der Waals surface area (Å²) in [4.78, 5) is 28.2. The Labute approximate surface area is 157 Å². The van der Waals surface area contributed by atoms with Gasteiger partial charge in [0.15, 0.2) is 0 Å². The fourth-order valence-electron chi connectivity index (χ4n) is 3.03. The minimum Gasteiger partial charge on any atom is -0.344 e. The molecule has 0 radical (unpaired) electrons. The monoisotopic (exact) mass is 385 g/mol. The van der Waals surface area contributed by atoms with E-state index >= 15 is 0 Å². The third kappa shape index (κ3) is 6.53. The highest BCUT2D eigenvalue weighted by molar-refractivity contribution is 5.88. The summed E-state index contributed by atoms with van der Waals surface area (Å²) >= 11 is 0. The number of likely N-dealkylation sites (N-methyl/N-ethyl adjacent to an activating group) is 1. The molecule has 2 rings (SSSR count). The molecule has 2 amide bonds. The molecule has 1 saturated heterocycles. The molecule has 0 aliphatic carbocycles. The highest BCUT2D eigenvalue weighted by Crippen LogP contribution is 2.29. The van der Waals surface area contributed by atoms with E-state index in [-0.39, 0.29) is 18.4 Å². The Balaban J connectivity index is 2.18. The largest absolute Gasteiger partial charge is 0.416 e. The zero-order chi connectivity index (χ0) is 20.0. The van der Waals surface area contributed by atoms with Gasteiger partial charge >= 0.3 is 6.18 Å². The summed E-state index contributed by atoms with van der Waals surface area (Å²) in [6.45, 7) is 1.02. The smallest absolute Gasteiger partial charge is 0.344 e. The second-order valence-electron chi connectivity index (χ2n) is 7.13. The summed E-state index contributed by atoms with van der Waals surface area (Å²) in [5.41, 5.74) is -0.320. The number of amides is 2. The summed E-state index contributed by atoms with van der Waals surface area (Å²) < 4.78 is 38.9. The van der Waals surface area contributed by atoms with Gasteiger partial charge in [-0.3, -0.25) is 9.59 Å². The van der Waals surface area contributed by atoms with E-state index in [2.05, 4.69) is 5.32 Å². The fourth-order valence-corrected chi connectivity index (χ4v) is 3.03. The lowest BCUT2D eigenvalue weighted by atomic mass is 10.1. The molecule has 0 aromatic heterocycles. The normalized spacial score (nSPS) is 18.1. The number of rotatable bonds is 6. The number of nitrogens with zero attached hydrogens (tertiary/aromatic N) is 2. The summed E-state index contributed by atoms with van der Waals surface area (Å²) in [6, 6.07) is 4.40. The van der Waals surface area contributed by atoms with Gasteiger partial charge in [0.05, 0.1) is 5.56 Å². The van der Waals surface area contributed by atoms with Gasteiger partial charge in [0.25, 0.3) is 0 Å². The summed E-state index contributed by atoms with van der Waals surface area (Å²) in [7, 11) is 3.72. The summed E-state index contributed by atoms with van der Waals surface area (Å²) in [5, 5.41) is 2.74. The molecule has 0 saturated carbocycles. The van der Waals surface area contributed by atoms with Crippen LogP contribution in [0.25, 0.3) is 0 Å². The van der Waals surface area contributed by atoms with Crippen LogP contribution in [0.1, 0.15) is 36.8 Å². The topological polar surface area (TPSA) is 52.7 Å². The number of benzene rings is 1. The molecule has 1 unspecified atom stereocenters. The molecule has 150 valence electrons. The van der Waals surface area contributed by atoms with Crippen LogP contribution in [0.3, 0.4) is 0 Å². The van der Waals surface area contributed by atoms with Crippen LogP contribution in [0, 0.1) is 0 Å². The fraction of sp³-hybridized carbons (Fsp3) is 0.579. The molecule has 1 aromatic carbocycles. The summed E-state index contributed by atoms with van der Waals surface area (Å²) in [5.74, 6) is -0.401. The van der Waals surface area contributed by atoms with Crippen molar-refractivity contribution >= 4 is 11.8 Å². The number of carbonyl (C=O) groups is 2. The highest BCUT2D eigenvalue weighted by atomic mass is 19.4. The van der Waals surface area contributed by atoms with Gasteiger partial charge in [-0.1, -0.05) is 18.6 Å². The van der Waals surface area contributed by atoms with Crippen LogP contribution < -0.4 is 5.32 Å². The lowest BCUT2D eigenvalue weighted by molar-refractivity contribution is -0.137. The summed E-state index contributed by atoms with van der Waals surface area (Å²) in [6.07, 6.45) is -1.98. The average molecular weight is 385 g/mol. The van der Waals surface area contributed by atoms with Crippen LogP contribution in [-0.4, -0.2) is 54.8 Å². The van der Waals surface area contributed by atoms with Crippen molar-refractivity contribution < 1.29 is 22.8 Å². The quantitative estimate of drug-likeness (QED) is 0.819. The van der Waals surface area contributed by atoms with E-state index in [1.165, 1.54) is 11.0 Å². The Morgan fingerprint density at radius 1 is 1.22 bits per heavy atom. The maximum atomic E-state index is 13.0. The number of hydrogen-bond acceptors (Lipinski definition) is 3. The molecule has 1 atom stereocenters. The number of carbonyl (C=O) groups excluding carboxylic acids is 2. The van der Waals surface area contributed by atoms with E-state index in [1.807, 2.05) is 19.0 Å². The van der Waals surface area contributed by atoms with Crippen molar-refractivity contribution in [2.24, 2.45) is 0 Å². The van der Waals surface area contributed by atoms with E-state index in [0.29, 0.717) is 31.5 Å². The van der Waals surface area contributed by atoms with Crippen LogP contribution >= 0.6 is 0 Å². The number of hydrogen-bond donors (Lipinski definition) is 1.